The number of aryl methyl sites for hydroxylation is 3. The Balaban J connectivity index is 1.54. The lowest BCUT2D eigenvalue weighted by Gasteiger charge is -2.08. The monoisotopic (exact) mass is 372 g/mol. The molecule has 4 rings (SSSR count). The second kappa shape index (κ2) is 7.27. The molecule has 0 bridgehead atoms. The van der Waals surface area contributed by atoms with Crippen molar-refractivity contribution < 1.29 is 13.9 Å². The summed E-state index contributed by atoms with van der Waals surface area (Å²) in [6.45, 7) is 5.68. The van der Waals surface area contributed by atoms with E-state index in [1.807, 2.05) is 75.4 Å². The number of ether oxygens (including phenoxy) is 1. The maximum Gasteiger partial charge on any atom is 0.340 e. The Morgan fingerprint density at radius 3 is 2.57 bits per heavy atom. The maximum absolute atomic E-state index is 12.6. The Labute approximate surface area is 163 Å². The van der Waals surface area contributed by atoms with Crippen LogP contribution in [0.5, 0.6) is 0 Å². The summed E-state index contributed by atoms with van der Waals surface area (Å²) in [5, 5.41) is 0.918. The molecule has 0 aliphatic heterocycles. The molecule has 0 atom stereocenters. The summed E-state index contributed by atoms with van der Waals surface area (Å²) in [6.07, 6.45) is 0. The third-order valence-corrected chi connectivity index (χ3v) is 4.63. The van der Waals surface area contributed by atoms with Gasteiger partial charge in [-0.15, -0.1) is 0 Å². The van der Waals surface area contributed by atoms with E-state index in [4.69, 9.17) is 9.15 Å². The van der Waals surface area contributed by atoms with Gasteiger partial charge in [0.2, 0.25) is 5.89 Å². The summed E-state index contributed by atoms with van der Waals surface area (Å²) >= 11 is 0. The van der Waals surface area contributed by atoms with Gasteiger partial charge in [0.1, 0.15) is 18.1 Å². The van der Waals surface area contributed by atoms with Gasteiger partial charge in [-0.3, -0.25) is 4.98 Å². The summed E-state index contributed by atoms with van der Waals surface area (Å²) in [4.78, 5) is 21.6. The second-order valence-corrected chi connectivity index (χ2v) is 6.78. The van der Waals surface area contributed by atoms with Crippen molar-refractivity contribution in [2.24, 2.45) is 0 Å². The molecule has 0 aliphatic rings. The molecule has 0 saturated carbocycles. The van der Waals surface area contributed by atoms with Crippen molar-refractivity contribution in [2.45, 2.75) is 27.4 Å². The highest BCUT2D eigenvalue weighted by atomic mass is 16.5. The van der Waals surface area contributed by atoms with Gasteiger partial charge in [-0.25, -0.2) is 9.78 Å². The van der Waals surface area contributed by atoms with Crippen LogP contribution in [0, 0.1) is 20.8 Å². The van der Waals surface area contributed by atoms with E-state index >= 15 is 0 Å². The molecule has 28 heavy (non-hydrogen) atoms. The van der Waals surface area contributed by atoms with E-state index in [-0.39, 0.29) is 6.61 Å². The van der Waals surface area contributed by atoms with Gasteiger partial charge in [-0.1, -0.05) is 29.8 Å². The molecule has 0 spiro atoms. The molecule has 4 aromatic rings. The number of hydrogen-bond donors (Lipinski definition) is 0. The zero-order valence-electron chi connectivity index (χ0n) is 16.0. The van der Waals surface area contributed by atoms with Crippen LogP contribution >= 0.6 is 0 Å². The van der Waals surface area contributed by atoms with E-state index in [9.17, 15) is 4.79 Å². The van der Waals surface area contributed by atoms with Crippen LogP contribution in [0.4, 0.5) is 0 Å². The van der Waals surface area contributed by atoms with Gasteiger partial charge in [-0.2, -0.15) is 0 Å². The van der Waals surface area contributed by atoms with Gasteiger partial charge in [0.05, 0.1) is 16.8 Å². The van der Waals surface area contributed by atoms with E-state index in [0.29, 0.717) is 28.6 Å². The molecule has 5 nitrogen and oxygen atoms in total. The van der Waals surface area contributed by atoms with Crippen LogP contribution in [0.3, 0.4) is 0 Å². The van der Waals surface area contributed by atoms with Crippen molar-refractivity contribution in [3.05, 3.63) is 82.9 Å². The number of pyridine rings is 1. The Morgan fingerprint density at radius 2 is 1.79 bits per heavy atom. The van der Waals surface area contributed by atoms with E-state index in [2.05, 4.69) is 9.97 Å². The van der Waals surface area contributed by atoms with Gasteiger partial charge in [-0.05, 0) is 51.1 Å². The highest BCUT2D eigenvalue weighted by molar-refractivity contribution is 5.95. The molecule has 0 aliphatic carbocycles. The highest BCUT2D eigenvalue weighted by Crippen LogP contribution is 2.23. The largest absolute Gasteiger partial charge is 0.455 e. The summed E-state index contributed by atoms with van der Waals surface area (Å²) in [6, 6.07) is 17.4. The SMILES string of the molecule is Cc1ccc2nc(C)c(C(=O)OCc3nc(-c4ccccc4)oc3C)cc2c1. The lowest BCUT2D eigenvalue weighted by Crippen LogP contribution is -2.09. The van der Waals surface area contributed by atoms with Crippen molar-refractivity contribution in [1.82, 2.24) is 9.97 Å². The molecule has 2 aromatic heterocycles. The first-order chi connectivity index (χ1) is 13.5. The third-order valence-electron chi connectivity index (χ3n) is 4.63. The summed E-state index contributed by atoms with van der Waals surface area (Å²) < 4.78 is 11.2. The number of nitrogens with zero attached hydrogens (tertiary/aromatic N) is 2. The first-order valence-electron chi connectivity index (χ1n) is 9.08. The van der Waals surface area contributed by atoms with Crippen molar-refractivity contribution in [3.63, 3.8) is 0 Å². The fourth-order valence-electron chi connectivity index (χ4n) is 3.08. The highest BCUT2D eigenvalue weighted by Gasteiger charge is 2.17. The maximum atomic E-state index is 12.6. The standard InChI is InChI=1S/C23H20N2O3/c1-14-9-10-20-18(11-14)12-19(15(2)24-20)23(26)27-13-21-16(3)28-22(25-21)17-7-5-4-6-8-17/h4-12H,13H2,1-3H3. The van der Waals surface area contributed by atoms with Gasteiger partial charge >= 0.3 is 5.97 Å². The molecule has 2 heterocycles. The molecule has 140 valence electrons. The summed E-state index contributed by atoms with van der Waals surface area (Å²) in [7, 11) is 0. The Morgan fingerprint density at radius 1 is 1.00 bits per heavy atom. The normalized spacial score (nSPS) is 11.0. The molecular formula is C23H20N2O3. The van der Waals surface area contributed by atoms with E-state index in [1.165, 1.54) is 0 Å². The van der Waals surface area contributed by atoms with Crippen LogP contribution in [-0.4, -0.2) is 15.9 Å². The Bertz CT molecular complexity index is 1160. The zero-order chi connectivity index (χ0) is 19.7. The molecule has 0 N–H and O–H groups in total. The predicted molar refractivity (Wildman–Crippen MR) is 107 cm³/mol. The van der Waals surface area contributed by atoms with Crippen molar-refractivity contribution in [1.29, 1.82) is 0 Å². The topological polar surface area (TPSA) is 65.2 Å². The van der Waals surface area contributed by atoms with Crippen molar-refractivity contribution in [2.75, 3.05) is 0 Å². The molecular weight excluding hydrogens is 352 g/mol. The Hall–Kier alpha value is -3.47. The van der Waals surface area contributed by atoms with Gasteiger partial charge in [0, 0.05) is 10.9 Å². The van der Waals surface area contributed by atoms with Crippen molar-refractivity contribution >= 4 is 16.9 Å². The zero-order valence-corrected chi connectivity index (χ0v) is 16.0. The van der Waals surface area contributed by atoms with Crippen molar-refractivity contribution in [3.8, 4) is 11.5 Å². The lowest BCUT2D eigenvalue weighted by atomic mass is 10.1. The summed E-state index contributed by atoms with van der Waals surface area (Å²) in [5.74, 6) is 0.732. The van der Waals surface area contributed by atoms with E-state index < -0.39 is 5.97 Å². The predicted octanol–water partition coefficient (Wildman–Crippen LogP) is 5.17. The first-order valence-corrected chi connectivity index (χ1v) is 9.08. The smallest absolute Gasteiger partial charge is 0.340 e. The van der Waals surface area contributed by atoms with Crippen LogP contribution in [0.15, 0.2) is 59.0 Å². The molecule has 0 fully saturated rings. The minimum atomic E-state index is -0.419. The molecule has 5 heteroatoms. The van der Waals surface area contributed by atoms with Crippen LogP contribution in [0.1, 0.15) is 33.1 Å². The van der Waals surface area contributed by atoms with Crippen LogP contribution in [0.25, 0.3) is 22.4 Å². The minimum absolute atomic E-state index is 0.0479. The fraction of sp³-hybridized carbons (Fsp3) is 0.174. The van der Waals surface area contributed by atoms with Crippen LogP contribution in [0.2, 0.25) is 0 Å². The molecule has 0 saturated heterocycles. The number of rotatable bonds is 4. The number of oxazole rings is 1. The number of esters is 1. The number of aromatic nitrogens is 2. The molecule has 0 amide bonds. The fourth-order valence-corrected chi connectivity index (χ4v) is 3.08. The van der Waals surface area contributed by atoms with E-state index in [0.717, 1.165) is 22.0 Å². The average Bonchev–Trinajstić information content (AvgIpc) is 3.07. The number of fused-ring (bicyclic) bond motifs is 1. The molecule has 2 aromatic carbocycles. The molecule has 0 radical (unpaired) electrons. The number of hydrogen-bond acceptors (Lipinski definition) is 5. The Kier molecular flexibility index (Phi) is 4.65. The van der Waals surface area contributed by atoms with Crippen LogP contribution < -0.4 is 0 Å². The van der Waals surface area contributed by atoms with Gasteiger partial charge < -0.3 is 9.15 Å². The number of carbonyl (C=O) groups is 1. The average molecular weight is 372 g/mol. The van der Waals surface area contributed by atoms with Crippen LogP contribution in [-0.2, 0) is 11.3 Å². The quantitative estimate of drug-likeness (QED) is 0.462. The van der Waals surface area contributed by atoms with E-state index in [1.54, 1.807) is 0 Å². The lowest BCUT2D eigenvalue weighted by molar-refractivity contribution is 0.0465. The minimum Gasteiger partial charge on any atom is -0.455 e. The summed E-state index contributed by atoms with van der Waals surface area (Å²) in [5.41, 5.74) is 4.57. The third kappa shape index (κ3) is 3.51. The van der Waals surface area contributed by atoms with Gasteiger partial charge in [0.15, 0.2) is 0 Å². The second-order valence-electron chi connectivity index (χ2n) is 6.78. The number of benzene rings is 2. The van der Waals surface area contributed by atoms with Gasteiger partial charge in [0.25, 0.3) is 0 Å². The first kappa shape index (κ1) is 17.9. The number of carbonyl (C=O) groups excluding carboxylic acids is 1. The molecule has 0 unspecified atom stereocenters.